The molecular weight excluding hydrogens is 200 g/mol. The molecular formula is C11H12ClO2. The van der Waals surface area contributed by atoms with Crippen molar-refractivity contribution in [2.24, 2.45) is 0 Å². The van der Waals surface area contributed by atoms with Crippen molar-refractivity contribution in [3.8, 4) is 11.5 Å². The van der Waals surface area contributed by atoms with E-state index in [0.29, 0.717) is 6.79 Å². The van der Waals surface area contributed by atoms with Crippen molar-refractivity contribution in [3.63, 3.8) is 0 Å². The van der Waals surface area contributed by atoms with E-state index in [1.54, 1.807) is 0 Å². The van der Waals surface area contributed by atoms with E-state index in [2.05, 4.69) is 6.42 Å². The highest BCUT2D eigenvalue weighted by atomic mass is 35.5. The summed E-state index contributed by atoms with van der Waals surface area (Å²) in [4.78, 5) is 0. The highest BCUT2D eigenvalue weighted by Crippen LogP contribution is 2.37. The molecule has 0 aliphatic carbocycles. The molecule has 0 unspecified atom stereocenters. The van der Waals surface area contributed by atoms with Gasteiger partial charge in [-0.3, -0.25) is 0 Å². The van der Waals surface area contributed by atoms with Crippen molar-refractivity contribution in [3.05, 3.63) is 29.1 Å². The lowest BCUT2D eigenvalue weighted by molar-refractivity contribution is 0.174. The Hall–Kier alpha value is -0.890. The molecule has 0 fully saturated rings. The lowest BCUT2D eigenvalue weighted by Gasteiger charge is -2.04. The minimum Gasteiger partial charge on any atom is -0.454 e. The maximum atomic E-state index is 6.09. The van der Waals surface area contributed by atoms with Crippen molar-refractivity contribution < 1.29 is 9.47 Å². The maximum absolute atomic E-state index is 6.09. The molecule has 0 saturated carbocycles. The predicted molar refractivity (Wildman–Crippen MR) is 55.9 cm³/mol. The second-order valence-electron chi connectivity index (χ2n) is 3.24. The van der Waals surface area contributed by atoms with E-state index in [1.165, 1.54) is 0 Å². The van der Waals surface area contributed by atoms with Crippen molar-refractivity contribution in [1.82, 2.24) is 0 Å². The predicted octanol–water partition coefficient (Wildman–Crippen LogP) is 3.23. The topological polar surface area (TPSA) is 18.5 Å². The van der Waals surface area contributed by atoms with Gasteiger partial charge >= 0.3 is 0 Å². The second kappa shape index (κ2) is 4.09. The molecule has 1 aliphatic rings. The van der Waals surface area contributed by atoms with Gasteiger partial charge in [0.1, 0.15) is 0 Å². The molecule has 0 aromatic heterocycles. The molecule has 1 aromatic rings. The van der Waals surface area contributed by atoms with E-state index in [-0.39, 0.29) is 0 Å². The summed E-state index contributed by atoms with van der Waals surface area (Å²) in [6.45, 7) is 2.34. The standard InChI is InChI=1S/C11H12ClO2/c1-2-3-4-8-5-10-11(6-9(8)12)14-7-13-10/h2,5-6H,3-4,7H2,1H3. The molecule has 0 amide bonds. The normalized spacial score (nSPS) is 13.3. The Balaban J connectivity index is 2.23. The molecule has 2 rings (SSSR count). The first kappa shape index (κ1) is 9.66. The average Bonchev–Trinajstić information content (AvgIpc) is 2.61. The Morgan fingerprint density at radius 2 is 2.07 bits per heavy atom. The molecule has 75 valence electrons. The van der Waals surface area contributed by atoms with E-state index in [9.17, 15) is 0 Å². The number of unbranched alkanes of at least 4 members (excludes halogenated alkanes) is 1. The first-order valence-electron chi connectivity index (χ1n) is 4.67. The van der Waals surface area contributed by atoms with Crippen molar-refractivity contribution in [1.29, 1.82) is 0 Å². The van der Waals surface area contributed by atoms with Gasteiger partial charge in [0.05, 0.1) is 0 Å². The molecule has 0 saturated heterocycles. The Morgan fingerprint density at radius 3 is 2.79 bits per heavy atom. The fourth-order valence-electron chi connectivity index (χ4n) is 1.45. The van der Waals surface area contributed by atoms with Crippen LogP contribution in [0.3, 0.4) is 0 Å². The van der Waals surface area contributed by atoms with Crippen LogP contribution in [0.25, 0.3) is 0 Å². The van der Waals surface area contributed by atoms with Gasteiger partial charge in [-0.05, 0) is 30.9 Å². The summed E-state index contributed by atoms with van der Waals surface area (Å²) in [5.74, 6) is 1.56. The summed E-state index contributed by atoms with van der Waals surface area (Å²) in [6, 6.07) is 3.79. The lowest BCUT2D eigenvalue weighted by Crippen LogP contribution is -1.92. The van der Waals surface area contributed by atoms with Crippen molar-refractivity contribution in [2.75, 3.05) is 6.79 Å². The molecule has 0 N–H and O–H groups in total. The fourth-order valence-corrected chi connectivity index (χ4v) is 1.70. The third kappa shape index (κ3) is 1.80. The van der Waals surface area contributed by atoms with Gasteiger partial charge in [0.2, 0.25) is 6.79 Å². The summed E-state index contributed by atoms with van der Waals surface area (Å²) in [7, 11) is 0. The van der Waals surface area contributed by atoms with Crippen LogP contribution in [0.4, 0.5) is 0 Å². The number of ether oxygens (including phenoxy) is 2. The smallest absolute Gasteiger partial charge is 0.231 e. The number of fused-ring (bicyclic) bond motifs is 1. The molecule has 0 spiro atoms. The number of halogens is 1. The van der Waals surface area contributed by atoms with Crippen LogP contribution in [0, 0.1) is 6.42 Å². The van der Waals surface area contributed by atoms with Gasteiger partial charge in [0.15, 0.2) is 11.5 Å². The van der Waals surface area contributed by atoms with Crippen LogP contribution in [0.15, 0.2) is 12.1 Å². The zero-order valence-electron chi connectivity index (χ0n) is 8.05. The minimum absolute atomic E-state index is 0.301. The number of rotatable bonds is 3. The first-order valence-corrected chi connectivity index (χ1v) is 5.05. The van der Waals surface area contributed by atoms with Gasteiger partial charge in [-0.2, -0.15) is 0 Å². The summed E-state index contributed by atoms with van der Waals surface area (Å²) in [5.41, 5.74) is 1.12. The zero-order valence-corrected chi connectivity index (χ0v) is 8.80. The van der Waals surface area contributed by atoms with Crippen LogP contribution in [0.1, 0.15) is 18.9 Å². The average molecular weight is 212 g/mol. The third-order valence-electron chi connectivity index (χ3n) is 2.24. The summed E-state index contributed by atoms with van der Waals surface area (Å²) < 4.78 is 10.5. The molecule has 1 aliphatic heterocycles. The monoisotopic (exact) mass is 211 g/mol. The maximum Gasteiger partial charge on any atom is 0.231 e. The molecule has 1 aromatic carbocycles. The molecule has 1 radical (unpaired) electrons. The van der Waals surface area contributed by atoms with E-state index in [1.807, 2.05) is 19.1 Å². The molecule has 0 bridgehead atoms. The SMILES string of the molecule is C[CH]CCc1cc2c(cc1Cl)OCO2. The molecule has 1 heterocycles. The quantitative estimate of drug-likeness (QED) is 0.764. The number of hydrogen-bond acceptors (Lipinski definition) is 2. The Bertz CT molecular complexity index is 336. The minimum atomic E-state index is 0.301. The van der Waals surface area contributed by atoms with E-state index in [4.69, 9.17) is 21.1 Å². The van der Waals surface area contributed by atoms with Crippen LogP contribution in [-0.4, -0.2) is 6.79 Å². The number of benzene rings is 1. The second-order valence-corrected chi connectivity index (χ2v) is 3.65. The molecule has 14 heavy (non-hydrogen) atoms. The molecule has 0 atom stereocenters. The largest absolute Gasteiger partial charge is 0.454 e. The Labute approximate surface area is 88.8 Å². The van der Waals surface area contributed by atoms with Gasteiger partial charge in [-0.1, -0.05) is 18.5 Å². The first-order chi connectivity index (χ1) is 6.81. The van der Waals surface area contributed by atoms with Gasteiger partial charge in [0.25, 0.3) is 0 Å². The van der Waals surface area contributed by atoms with Gasteiger partial charge in [-0.15, -0.1) is 0 Å². The third-order valence-corrected chi connectivity index (χ3v) is 2.60. The van der Waals surface area contributed by atoms with Crippen molar-refractivity contribution >= 4 is 11.6 Å². The fraction of sp³-hybridized carbons (Fsp3) is 0.364. The van der Waals surface area contributed by atoms with Gasteiger partial charge < -0.3 is 9.47 Å². The summed E-state index contributed by atoms with van der Waals surface area (Å²) in [5, 5.41) is 0.760. The Kier molecular flexibility index (Phi) is 2.82. The van der Waals surface area contributed by atoms with Crippen LogP contribution >= 0.6 is 11.6 Å². The van der Waals surface area contributed by atoms with Crippen LogP contribution in [0.5, 0.6) is 11.5 Å². The zero-order chi connectivity index (χ0) is 9.97. The van der Waals surface area contributed by atoms with Crippen LogP contribution in [-0.2, 0) is 6.42 Å². The van der Waals surface area contributed by atoms with Gasteiger partial charge in [-0.25, -0.2) is 0 Å². The Morgan fingerprint density at radius 1 is 1.36 bits per heavy atom. The highest BCUT2D eigenvalue weighted by Gasteiger charge is 2.15. The van der Waals surface area contributed by atoms with Crippen LogP contribution in [0.2, 0.25) is 5.02 Å². The number of aryl methyl sites for hydroxylation is 1. The van der Waals surface area contributed by atoms with E-state index >= 15 is 0 Å². The molecule has 2 nitrogen and oxygen atoms in total. The van der Waals surface area contributed by atoms with E-state index < -0.39 is 0 Å². The highest BCUT2D eigenvalue weighted by molar-refractivity contribution is 6.31. The van der Waals surface area contributed by atoms with Crippen LogP contribution < -0.4 is 9.47 Å². The number of hydrogen-bond donors (Lipinski definition) is 0. The van der Waals surface area contributed by atoms with Crippen molar-refractivity contribution in [2.45, 2.75) is 19.8 Å². The summed E-state index contributed by atoms with van der Waals surface area (Å²) in [6.07, 6.45) is 4.10. The molecule has 3 heteroatoms. The van der Waals surface area contributed by atoms with E-state index in [0.717, 1.165) is 34.9 Å². The summed E-state index contributed by atoms with van der Waals surface area (Å²) >= 11 is 6.09. The lowest BCUT2D eigenvalue weighted by atomic mass is 10.1. The van der Waals surface area contributed by atoms with Gasteiger partial charge in [0, 0.05) is 11.1 Å².